The summed E-state index contributed by atoms with van der Waals surface area (Å²) in [5.41, 5.74) is 6.27. The molecule has 122 valence electrons. The van der Waals surface area contributed by atoms with Crippen molar-refractivity contribution in [3.63, 3.8) is 0 Å². The molecule has 3 aromatic rings. The number of benzene rings is 1. The summed E-state index contributed by atoms with van der Waals surface area (Å²) in [6, 6.07) is 11.6. The van der Waals surface area contributed by atoms with Gasteiger partial charge in [0.1, 0.15) is 16.7 Å². The molecule has 0 spiro atoms. The van der Waals surface area contributed by atoms with Crippen molar-refractivity contribution in [1.29, 1.82) is 0 Å². The Morgan fingerprint density at radius 2 is 1.92 bits per heavy atom. The zero-order valence-electron chi connectivity index (χ0n) is 12.2. The molecule has 0 saturated heterocycles. The number of hydrogen-bond donors (Lipinski definition) is 2. The van der Waals surface area contributed by atoms with E-state index < -0.39 is 17.9 Å². The quantitative estimate of drug-likeness (QED) is 0.713. The lowest BCUT2D eigenvalue weighted by Crippen LogP contribution is -2.37. The highest BCUT2D eigenvalue weighted by atomic mass is 35.5. The lowest BCUT2D eigenvalue weighted by atomic mass is 10.1. The number of nitrogens with two attached hydrogens (primary N) is 1. The largest absolute Gasteiger partial charge is 0.368 e. The molecule has 3 N–H and O–H groups in total. The van der Waals surface area contributed by atoms with Crippen molar-refractivity contribution in [1.82, 2.24) is 10.3 Å². The van der Waals surface area contributed by atoms with E-state index in [9.17, 15) is 9.59 Å². The first-order chi connectivity index (χ1) is 11.5. The maximum absolute atomic E-state index is 12.4. The average Bonchev–Trinajstić information content (AvgIpc) is 3.21. The number of rotatable bonds is 5. The van der Waals surface area contributed by atoms with Gasteiger partial charge in [0.25, 0.3) is 5.91 Å². The summed E-state index contributed by atoms with van der Waals surface area (Å²) < 4.78 is 0.657. The van der Waals surface area contributed by atoms with E-state index in [1.165, 1.54) is 22.7 Å². The highest BCUT2D eigenvalue weighted by molar-refractivity contribution is 7.23. The Bertz CT molecular complexity index is 876. The van der Waals surface area contributed by atoms with Crippen LogP contribution in [0.15, 0.2) is 47.8 Å². The molecule has 8 heteroatoms. The van der Waals surface area contributed by atoms with E-state index >= 15 is 0 Å². The molecule has 0 saturated carbocycles. The Hall–Kier alpha value is -2.22. The van der Waals surface area contributed by atoms with Gasteiger partial charge in [-0.25, -0.2) is 4.98 Å². The average molecular weight is 378 g/mol. The van der Waals surface area contributed by atoms with Crippen LogP contribution in [-0.2, 0) is 4.79 Å². The number of carbonyl (C=O) groups is 2. The smallest absolute Gasteiger partial charge is 0.271 e. The maximum Gasteiger partial charge on any atom is 0.271 e. The van der Waals surface area contributed by atoms with Crippen LogP contribution < -0.4 is 11.1 Å². The van der Waals surface area contributed by atoms with Crippen LogP contribution in [0.5, 0.6) is 0 Å². The third kappa shape index (κ3) is 3.64. The van der Waals surface area contributed by atoms with Gasteiger partial charge in [0.15, 0.2) is 0 Å². The van der Waals surface area contributed by atoms with Gasteiger partial charge in [-0.15, -0.1) is 22.7 Å². The number of nitrogens with zero attached hydrogens (tertiary/aromatic N) is 1. The molecule has 3 rings (SSSR count). The third-order valence-corrected chi connectivity index (χ3v) is 5.46. The Kier molecular flexibility index (Phi) is 4.94. The number of aromatic nitrogens is 1. The summed E-state index contributed by atoms with van der Waals surface area (Å²) >= 11 is 8.64. The van der Waals surface area contributed by atoms with E-state index in [0.29, 0.717) is 14.9 Å². The lowest BCUT2D eigenvalue weighted by molar-refractivity contribution is -0.120. The first-order valence-electron chi connectivity index (χ1n) is 6.91. The second-order valence-corrected chi connectivity index (χ2v) is 7.43. The molecule has 5 nitrogen and oxygen atoms in total. The van der Waals surface area contributed by atoms with E-state index in [1.807, 2.05) is 12.1 Å². The molecule has 2 heterocycles. The molecule has 0 bridgehead atoms. The number of primary amides is 1. The Balaban J connectivity index is 1.79. The molecule has 0 aliphatic carbocycles. The van der Waals surface area contributed by atoms with Crippen molar-refractivity contribution in [3.05, 3.63) is 63.4 Å². The highest BCUT2D eigenvalue weighted by Gasteiger charge is 2.22. The van der Waals surface area contributed by atoms with Gasteiger partial charge in [0, 0.05) is 5.38 Å². The fourth-order valence-corrected chi connectivity index (χ4v) is 4.00. The molecule has 1 unspecified atom stereocenters. The minimum atomic E-state index is -0.903. The molecular weight excluding hydrogens is 366 g/mol. The van der Waals surface area contributed by atoms with Gasteiger partial charge in [0.2, 0.25) is 5.91 Å². The topological polar surface area (TPSA) is 85.1 Å². The normalized spacial score (nSPS) is 11.9. The summed E-state index contributed by atoms with van der Waals surface area (Å²) in [7, 11) is 0. The number of thiophene rings is 1. The lowest BCUT2D eigenvalue weighted by Gasteiger charge is -2.14. The number of amides is 2. The first-order valence-corrected chi connectivity index (χ1v) is 8.98. The Labute approximate surface area is 151 Å². The van der Waals surface area contributed by atoms with E-state index in [1.54, 1.807) is 35.7 Å². The van der Waals surface area contributed by atoms with Gasteiger partial charge in [-0.2, -0.15) is 0 Å². The minimum absolute atomic E-state index is 0.238. The summed E-state index contributed by atoms with van der Waals surface area (Å²) in [5.74, 6) is -1.08. The van der Waals surface area contributed by atoms with Gasteiger partial charge in [-0.05, 0) is 17.7 Å². The Morgan fingerprint density at radius 3 is 2.54 bits per heavy atom. The van der Waals surface area contributed by atoms with Crippen LogP contribution in [0.4, 0.5) is 0 Å². The molecule has 2 aromatic heterocycles. The van der Waals surface area contributed by atoms with Crippen LogP contribution in [0.25, 0.3) is 9.88 Å². The fraction of sp³-hybridized carbons (Fsp3) is 0.0625. The van der Waals surface area contributed by atoms with Crippen LogP contribution in [0.3, 0.4) is 0 Å². The van der Waals surface area contributed by atoms with Crippen LogP contribution >= 0.6 is 34.3 Å². The van der Waals surface area contributed by atoms with E-state index in [0.717, 1.165) is 4.88 Å². The van der Waals surface area contributed by atoms with Crippen molar-refractivity contribution >= 4 is 46.1 Å². The van der Waals surface area contributed by atoms with Crippen molar-refractivity contribution in [2.45, 2.75) is 6.04 Å². The standard InChI is InChI=1S/C16H12ClN3O2S2/c17-12-7-6-11(24-12)16-19-10(8-23-16)15(22)20-13(14(18)21)9-4-2-1-3-5-9/h1-8,13H,(H2,18,21)(H,20,22). The van der Waals surface area contributed by atoms with Crippen LogP contribution in [0, 0.1) is 0 Å². The van der Waals surface area contributed by atoms with Gasteiger partial charge in [-0.3, -0.25) is 9.59 Å². The molecule has 0 aliphatic heterocycles. The zero-order chi connectivity index (χ0) is 17.1. The van der Waals surface area contributed by atoms with E-state index in [-0.39, 0.29) is 5.69 Å². The summed E-state index contributed by atoms with van der Waals surface area (Å²) in [4.78, 5) is 29.3. The van der Waals surface area contributed by atoms with Gasteiger partial charge >= 0.3 is 0 Å². The van der Waals surface area contributed by atoms with Gasteiger partial charge in [-0.1, -0.05) is 41.9 Å². The van der Waals surface area contributed by atoms with Crippen LogP contribution in [0.2, 0.25) is 4.34 Å². The Morgan fingerprint density at radius 1 is 1.17 bits per heavy atom. The highest BCUT2D eigenvalue weighted by Crippen LogP contribution is 2.33. The van der Waals surface area contributed by atoms with Crippen molar-refractivity contribution in [2.75, 3.05) is 0 Å². The number of nitrogens with one attached hydrogen (secondary N) is 1. The van der Waals surface area contributed by atoms with Crippen molar-refractivity contribution in [2.24, 2.45) is 5.73 Å². The summed E-state index contributed by atoms with van der Waals surface area (Å²) in [5, 5.41) is 4.97. The van der Waals surface area contributed by atoms with Gasteiger partial charge < -0.3 is 11.1 Å². The van der Waals surface area contributed by atoms with Crippen molar-refractivity contribution < 1.29 is 9.59 Å². The zero-order valence-corrected chi connectivity index (χ0v) is 14.6. The second-order valence-electron chi connectivity index (χ2n) is 4.86. The number of halogens is 1. The molecule has 24 heavy (non-hydrogen) atoms. The van der Waals surface area contributed by atoms with E-state index in [2.05, 4.69) is 10.3 Å². The maximum atomic E-state index is 12.4. The molecule has 1 aromatic carbocycles. The van der Waals surface area contributed by atoms with Gasteiger partial charge in [0.05, 0.1) is 9.21 Å². The van der Waals surface area contributed by atoms with Crippen LogP contribution in [0.1, 0.15) is 22.1 Å². The third-order valence-electron chi connectivity index (χ3n) is 3.21. The SMILES string of the molecule is NC(=O)C(NC(=O)c1csc(-c2ccc(Cl)s2)n1)c1ccccc1. The minimum Gasteiger partial charge on any atom is -0.368 e. The molecule has 0 fully saturated rings. The number of carbonyl (C=O) groups excluding carboxylic acids is 2. The molecule has 0 aliphatic rings. The molecule has 2 amide bonds. The predicted molar refractivity (Wildman–Crippen MR) is 96.3 cm³/mol. The van der Waals surface area contributed by atoms with Crippen molar-refractivity contribution in [3.8, 4) is 9.88 Å². The molecule has 0 radical (unpaired) electrons. The first kappa shape index (κ1) is 16.6. The summed E-state index contributed by atoms with van der Waals surface area (Å²) in [6.45, 7) is 0. The summed E-state index contributed by atoms with van der Waals surface area (Å²) in [6.07, 6.45) is 0. The molecule has 1 atom stereocenters. The predicted octanol–water partition coefficient (Wildman–Crippen LogP) is 3.48. The van der Waals surface area contributed by atoms with Crippen LogP contribution in [-0.4, -0.2) is 16.8 Å². The number of hydrogen-bond acceptors (Lipinski definition) is 5. The second kappa shape index (κ2) is 7.12. The molecular formula is C16H12ClN3O2S2. The number of thiazole rings is 1. The van der Waals surface area contributed by atoms with E-state index in [4.69, 9.17) is 17.3 Å². The fourth-order valence-electron chi connectivity index (χ4n) is 2.09. The monoisotopic (exact) mass is 377 g/mol.